The first-order valence-electron chi connectivity index (χ1n) is 9.20. The molecule has 136 valence electrons. The number of aryl methyl sites for hydroxylation is 1. The Labute approximate surface area is 148 Å². The summed E-state index contributed by atoms with van der Waals surface area (Å²) in [6.07, 6.45) is 6.23. The van der Waals surface area contributed by atoms with Crippen LogP contribution in [-0.4, -0.2) is 35.8 Å². The van der Waals surface area contributed by atoms with E-state index in [9.17, 15) is 14.0 Å². The minimum Gasteiger partial charge on any atom is -0.349 e. The normalized spacial score (nSPS) is 20.5. The van der Waals surface area contributed by atoms with E-state index in [2.05, 4.69) is 5.32 Å². The summed E-state index contributed by atoms with van der Waals surface area (Å²) >= 11 is 0. The van der Waals surface area contributed by atoms with Gasteiger partial charge in [-0.25, -0.2) is 4.39 Å². The Kier molecular flexibility index (Phi) is 5.11. The lowest BCUT2D eigenvalue weighted by Gasteiger charge is -2.46. The number of likely N-dealkylation sites (tertiary alicyclic amines) is 1. The van der Waals surface area contributed by atoms with Gasteiger partial charge in [0.2, 0.25) is 5.91 Å². The van der Waals surface area contributed by atoms with Gasteiger partial charge in [0.15, 0.2) is 0 Å². The Morgan fingerprint density at radius 1 is 1.12 bits per heavy atom. The largest absolute Gasteiger partial charge is 0.349 e. The van der Waals surface area contributed by atoms with Gasteiger partial charge < -0.3 is 10.2 Å². The van der Waals surface area contributed by atoms with Gasteiger partial charge in [0.25, 0.3) is 5.91 Å². The fraction of sp³-hybridized carbons (Fsp3) is 0.600. The van der Waals surface area contributed by atoms with Crippen LogP contribution in [0.15, 0.2) is 18.2 Å². The molecule has 25 heavy (non-hydrogen) atoms. The van der Waals surface area contributed by atoms with Crippen LogP contribution in [0.1, 0.15) is 61.4 Å². The molecule has 1 aromatic carbocycles. The molecular formula is C20H27FN2O2. The van der Waals surface area contributed by atoms with Crippen molar-refractivity contribution in [2.75, 3.05) is 13.1 Å². The predicted molar refractivity (Wildman–Crippen MR) is 94.8 cm³/mol. The van der Waals surface area contributed by atoms with E-state index in [4.69, 9.17) is 0 Å². The second-order valence-electron chi connectivity index (χ2n) is 7.77. The zero-order chi connectivity index (χ0) is 18.0. The molecule has 0 radical (unpaired) electrons. The first-order chi connectivity index (χ1) is 11.9. The maximum atomic E-state index is 13.5. The van der Waals surface area contributed by atoms with Crippen LogP contribution in [0.5, 0.6) is 0 Å². The van der Waals surface area contributed by atoms with Crippen LogP contribution in [0.3, 0.4) is 0 Å². The summed E-state index contributed by atoms with van der Waals surface area (Å²) < 4.78 is 13.5. The monoisotopic (exact) mass is 346 g/mol. The van der Waals surface area contributed by atoms with Crippen molar-refractivity contribution >= 4 is 11.8 Å². The van der Waals surface area contributed by atoms with Crippen molar-refractivity contribution < 1.29 is 14.0 Å². The van der Waals surface area contributed by atoms with Crippen LogP contribution in [0.2, 0.25) is 0 Å². The molecule has 1 aliphatic heterocycles. The molecule has 1 spiro atoms. The number of carbonyl (C=O) groups excluding carboxylic acids is 2. The van der Waals surface area contributed by atoms with Crippen LogP contribution in [0.25, 0.3) is 0 Å². The first kappa shape index (κ1) is 17.9. The van der Waals surface area contributed by atoms with Crippen molar-refractivity contribution in [1.82, 2.24) is 10.2 Å². The SMILES string of the molecule is CC(=O)N1CCC2(CCC(NC(=O)c3cc(C)cc(F)c3)CC2)CC1. The molecular weight excluding hydrogens is 319 g/mol. The number of rotatable bonds is 2. The van der Waals surface area contributed by atoms with Gasteiger partial charge in [-0.15, -0.1) is 0 Å². The molecule has 1 aliphatic carbocycles. The molecule has 1 saturated carbocycles. The smallest absolute Gasteiger partial charge is 0.251 e. The van der Waals surface area contributed by atoms with Crippen molar-refractivity contribution in [1.29, 1.82) is 0 Å². The van der Waals surface area contributed by atoms with Crippen molar-refractivity contribution in [3.05, 3.63) is 35.1 Å². The first-order valence-corrected chi connectivity index (χ1v) is 9.20. The maximum absolute atomic E-state index is 13.5. The molecule has 2 amide bonds. The summed E-state index contributed by atoms with van der Waals surface area (Å²) in [5.41, 5.74) is 1.49. The number of nitrogens with zero attached hydrogens (tertiary/aromatic N) is 1. The topological polar surface area (TPSA) is 49.4 Å². The van der Waals surface area contributed by atoms with Gasteiger partial charge in [-0.05, 0) is 74.6 Å². The maximum Gasteiger partial charge on any atom is 0.251 e. The average molecular weight is 346 g/mol. The van der Waals surface area contributed by atoms with E-state index in [1.54, 1.807) is 19.9 Å². The lowest BCUT2D eigenvalue weighted by molar-refractivity contribution is -0.131. The molecule has 1 aromatic rings. The minimum atomic E-state index is -0.370. The number of benzene rings is 1. The highest BCUT2D eigenvalue weighted by atomic mass is 19.1. The fourth-order valence-corrected chi connectivity index (χ4v) is 4.31. The number of hydrogen-bond donors (Lipinski definition) is 1. The van der Waals surface area contributed by atoms with E-state index >= 15 is 0 Å². The molecule has 1 N–H and O–H groups in total. The minimum absolute atomic E-state index is 0.160. The molecule has 0 unspecified atom stereocenters. The van der Waals surface area contributed by atoms with Gasteiger partial charge in [-0.2, -0.15) is 0 Å². The van der Waals surface area contributed by atoms with E-state index in [1.165, 1.54) is 12.1 Å². The Bertz CT molecular complexity index is 635. The summed E-state index contributed by atoms with van der Waals surface area (Å²) in [5, 5.41) is 3.07. The molecule has 1 saturated heterocycles. The molecule has 3 rings (SSSR count). The van der Waals surface area contributed by atoms with Crippen molar-refractivity contribution in [2.45, 2.75) is 58.4 Å². The van der Waals surface area contributed by atoms with Gasteiger partial charge in [0.1, 0.15) is 5.82 Å². The quantitative estimate of drug-likeness (QED) is 0.892. The fourth-order valence-electron chi connectivity index (χ4n) is 4.31. The highest BCUT2D eigenvalue weighted by Crippen LogP contribution is 2.44. The van der Waals surface area contributed by atoms with Crippen molar-refractivity contribution in [2.24, 2.45) is 5.41 Å². The number of hydrogen-bond acceptors (Lipinski definition) is 2. The third kappa shape index (κ3) is 4.20. The number of amides is 2. The zero-order valence-corrected chi connectivity index (χ0v) is 15.1. The van der Waals surface area contributed by atoms with E-state index in [1.807, 2.05) is 4.90 Å². The van der Waals surface area contributed by atoms with E-state index in [0.717, 1.165) is 57.2 Å². The van der Waals surface area contributed by atoms with Crippen LogP contribution < -0.4 is 5.32 Å². The Morgan fingerprint density at radius 3 is 2.32 bits per heavy atom. The van der Waals surface area contributed by atoms with Crippen LogP contribution in [0.4, 0.5) is 4.39 Å². The summed E-state index contributed by atoms with van der Waals surface area (Å²) in [6, 6.07) is 4.60. The van der Waals surface area contributed by atoms with Crippen molar-refractivity contribution in [3.63, 3.8) is 0 Å². The van der Waals surface area contributed by atoms with E-state index in [0.29, 0.717) is 11.0 Å². The Morgan fingerprint density at radius 2 is 1.76 bits per heavy atom. The number of halogens is 1. The predicted octanol–water partition coefficient (Wildman–Crippen LogP) is 3.44. The molecule has 5 heteroatoms. The van der Waals surface area contributed by atoms with Gasteiger partial charge in [0, 0.05) is 31.6 Å². The number of carbonyl (C=O) groups is 2. The van der Waals surface area contributed by atoms with E-state index in [-0.39, 0.29) is 23.7 Å². The number of piperidine rings is 1. The highest BCUT2D eigenvalue weighted by Gasteiger charge is 2.38. The summed E-state index contributed by atoms with van der Waals surface area (Å²) in [5.74, 6) is -0.388. The molecule has 0 atom stereocenters. The van der Waals surface area contributed by atoms with Gasteiger partial charge >= 0.3 is 0 Å². The summed E-state index contributed by atoms with van der Waals surface area (Å²) in [7, 11) is 0. The molecule has 1 heterocycles. The lowest BCUT2D eigenvalue weighted by atomic mass is 9.67. The Hall–Kier alpha value is -1.91. The van der Waals surface area contributed by atoms with Gasteiger partial charge in [-0.1, -0.05) is 0 Å². The molecule has 4 nitrogen and oxygen atoms in total. The van der Waals surface area contributed by atoms with E-state index < -0.39 is 0 Å². The van der Waals surface area contributed by atoms with Crippen LogP contribution >= 0.6 is 0 Å². The lowest BCUT2D eigenvalue weighted by Crippen LogP contribution is -2.46. The summed E-state index contributed by atoms with van der Waals surface area (Å²) in [4.78, 5) is 25.8. The molecule has 2 fully saturated rings. The second-order valence-corrected chi connectivity index (χ2v) is 7.77. The third-order valence-electron chi connectivity index (χ3n) is 5.96. The number of nitrogens with one attached hydrogen (secondary N) is 1. The average Bonchev–Trinajstić information content (AvgIpc) is 2.57. The molecule has 2 aliphatic rings. The summed E-state index contributed by atoms with van der Waals surface area (Å²) in [6.45, 7) is 5.14. The standard InChI is InChI=1S/C20H27FN2O2/c1-14-11-16(13-17(21)12-14)19(25)22-18-3-5-20(6-4-18)7-9-23(10-8-20)15(2)24/h11-13,18H,3-10H2,1-2H3,(H,22,25). The molecule has 0 bridgehead atoms. The highest BCUT2D eigenvalue weighted by molar-refractivity contribution is 5.94. The third-order valence-corrected chi connectivity index (χ3v) is 5.96. The van der Waals surface area contributed by atoms with Gasteiger partial charge in [-0.3, -0.25) is 9.59 Å². The Balaban J connectivity index is 1.53. The zero-order valence-electron chi connectivity index (χ0n) is 15.1. The molecule has 0 aromatic heterocycles. The van der Waals surface area contributed by atoms with Crippen LogP contribution in [0, 0.1) is 18.2 Å². The van der Waals surface area contributed by atoms with Crippen molar-refractivity contribution in [3.8, 4) is 0 Å². The van der Waals surface area contributed by atoms with Crippen LogP contribution in [-0.2, 0) is 4.79 Å². The van der Waals surface area contributed by atoms with Gasteiger partial charge in [0.05, 0.1) is 0 Å². The second kappa shape index (κ2) is 7.14.